The quantitative estimate of drug-likeness (QED) is 0.838. The molecule has 0 atom stereocenters. The van der Waals surface area contributed by atoms with Crippen molar-refractivity contribution in [3.63, 3.8) is 0 Å². The van der Waals surface area contributed by atoms with E-state index in [2.05, 4.69) is 11.4 Å². The van der Waals surface area contributed by atoms with Crippen molar-refractivity contribution in [3.8, 4) is 5.75 Å². The van der Waals surface area contributed by atoms with Gasteiger partial charge in [0.25, 0.3) is 0 Å². The van der Waals surface area contributed by atoms with E-state index in [9.17, 15) is 0 Å². The third-order valence-corrected chi connectivity index (χ3v) is 4.21. The molecule has 2 rings (SSSR count). The molecule has 0 aliphatic carbocycles. The molecule has 0 aliphatic rings. The highest BCUT2D eigenvalue weighted by Gasteiger charge is 2.09. The summed E-state index contributed by atoms with van der Waals surface area (Å²) < 4.78 is 6.90. The first kappa shape index (κ1) is 12.3. The van der Waals surface area contributed by atoms with Gasteiger partial charge in [-0.2, -0.15) is 0 Å². The molecule has 90 valence electrons. The highest BCUT2D eigenvalue weighted by Crippen LogP contribution is 2.38. The van der Waals surface area contributed by atoms with Crippen LogP contribution in [-0.2, 0) is 0 Å². The summed E-state index contributed by atoms with van der Waals surface area (Å²) in [5, 5.41) is 2.06. The number of anilines is 1. The predicted molar refractivity (Wildman–Crippen MR) is 75.1 cm³/mol. The van der Waals surface area contributed by atoms with Crippen molar-refractivity contribution >= 4 is 28.8 Å². The molecule has 0 bridgehead atoms. The Hall–Kier alpha value is -1.13. The molecule has 2 nitrogen and oxygen atoms in total. The first-order valence-corrected chi connectivity index (χ1v) is 7.13. The van der Waals surface area contributed by atoms with Crippen LogP contribution < -0.4 is 10.5 Å². The molecule has 4 heteroatoms. The van der Waals surface area contributed by atoms with Crippen LogP contribution in [-0.4, -0.2) is 6.10 Å². The van der Waals surface area contributed by atoms with Gasteiger partial charge >= 0.3 is 0 Å². The Kier molecular flexibility index (Phi) is 3.97. The number of ether oxygens (including phenoxy) is 1. The summed E-state index contributed by atoms with van der Waals surface area (Å²) in [5.41, 5.74) is 6.83. The Morgan fingerprint density at radius 1 is 1.24 bits per heavy atom. The fourth-order valence-electron chi connectivity index (χ4n) is 1.40. The molecule has 0 saturated carbocycles. The van der Waals surface area contributed by atoms with E-state index in [1.807, 2.05) is 38.1 Å². The Balaban J connectivity index is 2.23. The lowest BCUT2D eigenvalue weighted by atomic mass is 10.3. The maximum absolute atomic E-state index is 6.11. The zero-order valence-corrected chi connectivity index (χ0v) is 11.5. The largest absolute Gasteiger partial charge is 0.489 e. The Morgan fingerprint density at radius 2 is 2.06 bits per heavy atom. The third kappa shape index (κ3) is 3.17. The lowest BCUT2D eigenvalue weighted by Crippen LogP contribution is -2.07. The maximum Gasteiger partial charge on any atom is 0.143 e. The highest BCUT2D eigenvalue weighted by atomic mass is 32.2. The van der Waals surface area contributed by atoms with Gasteiger partial charge in [0.05, 0.1) is 16.0 Å². The van der Waals surface area contributed by atoms with E-state index in [-0.39, 0.29) is 6.10 Å². The topological polar surface area (TPSA) is 35.2 Å². The molecule has 1 aromatic heterocycles. The van der Waals surface area contributed by atoms with Gasteiger partial charge in [0.1, 0.15) is 5.75 Å². The number of rotatable bonds is 4. The second-order valence-corrected chi connectivity index (χ2v) is 6.16. The van der Waals surface area contributed by atoms with Gasteiger partial charge in [-0.15, -0.1) is 11.3 Å². The number of para-hydroxylation sites is 1. The molecule has 1 aromatic carbocycles. The van der Waals surface area contributed by atoms with Crippen LogP contribution in [0.2, 0.25) is 0 Å². The minimum absolute atomic E-state index is 0.138. The van der Waals surface area contributed by atoms with E-state index in [0.717, 1.165) is 16.3 Å². The van der Waals surface area contributed by atoms with E-state index < -0.39 is 0 Å². The van der Waals surface area contributed by atoms with Crippen molar-refractivity contribution in [2.24, 2.45) is 0 Å². The standard InChI is InChI=1S/C13H15NOS2/c1-9(2)15-10-5-3-6-11(13(10)14)17-12-7-4-8-16-12/h3-9H,14H2,1-2H3. The van der Waals surface area contributed by atoms with Crippen molar-refractivity contribution in [2.75, 3.05) is 5.73 Å². The molecule has 0 saturated heterocycles. The van der Waals surface area contributed by atoms with Crippen molar-refractivity contribution < 1.29 is 4.74 Å². The maximum atomic E-state index is 6.11. The van der Waals surface area contributed by atoms with Crippen LogP contribution in [0.15, 0.2) is 44.8 Å². The van der Waals surface area contributed by atoms with Crippen LogP contribution >= 0.6 is 23.1 Å². The SMILES string of the molecule is CC(C)Oc1cccc(Sc2cccs2)c1N. The first-order valence-electron chi connectivity index (χ1n) is 5.43. The van der Waals surface area contributed by atoms with Crippen LogP contribution in [0, 0.1) is 0 Å². The van der Waals surface area contributed by atoms with E-state index in [4.69, 9.17) is 10.5 Å². The monoisotopic (exact) mass is 265 g/mol. The van der Waals surface area contributed by atoms with Crippen molar-refractivity contribution in [3.05, 3.63) is 35.7 Å². The van der Waals surface area contributed by atoms with Crippen LogP contribution in [0.1, 0.15) is 13.8 Å². The number of hydrogen-bond acceptors (Lipinski definition) is 4. The van der Waals surface area contributed by atoms with Crippen molar-refractivity contribution in [1.29, 1.82) is 0 Å². The first-order chi connectivity index (χ1) is 8.16. The second kappa shape index (κ2) is 5.47. The molecular weight excluding hydrogens is 250 g/mol. The van der Waals surface area contributed by atoms with Crippen molar-refractivity contribution in [1.82, 2.24) is 0 Å². The van der Waals surface area contributed by atoms with E-state index in [1.165, 1.54) is 4.21 Å². The van der Waals surface area contributed by atoms with Crippen LogP contribution in [0.4, 0.5) is 5.69 Å². The normalized spacial score (nSPS) is 10.8. The Labute approximate surface area is 110 Å². The third-order valence-electron chi connectivity index (χ3n) is 2.09. The molecule has 1 heterocycles. The summed E-state index contributed by atoms with van der Waals surface area (Å²) >= 11 is 3.39. The van der Waals surface area contributed by atoms with Gasteiger partial charge in [-0.3, -0.25) is 0 Å². The van der Waals surface area contributed by atoms with Gasteiger partial charge in [0.15, 0.2) is 0 Å². The fourth-order valence-corrected chi connectivity index (χ4v) is 3.20. The molecule has 0 amide bonds. The van der Waals surface area contributed by atoms with Crippen molar-refractivity contribution in [2.45, 2.75) is 29.1 Å². The smallest absolute Gasteiger partial charge is 0.143 e. The molecule has 0 spiro atoms. The Morgan fingerprint density at radius 3 is 2.71 bits per heavy atom. The van der Waals surface area contributed by atoms with Gasteiger partial charge in [-0.05, 0) is 37.4 Å². The van der Waals surface area contributed by atoms with E-state index >= 15 is 0 Å². The lowest BCUT2D eigenvalue weighted by molar-refractivity contribution is 0.243. The molecule has 0 fully saturated rings. The van der Waals surface area contributed by atoms with Gasteiger partial charge in [-0.25, -0.2) is 0 Å². The van der Waals surface area contributed by atoms with Gasteiger partial charge < -0.3 is 10.5 Å². The summed E-state index contributed by atoms with van der Waals surface area (Å²) in [7, 11) is 0. The Bertz CT molecular complexity index is 480. The molecule has 0 radical (unpaired) electrons. The number of nitrogens with two attached hydrogens (primary N) is 1. The summed E-state index contributed by atoms with van der Waals surface area (Å²) in [5.74, 6) is 0.765. The number of hydrogen-bond donors (Lipinski definition) is 1. The lowest BCUT2D eigenvalue weighted by Gasteiger charge is -2.14. The zero-order valence-electron chi connectivity index (χ0n) is 9.84. The molecule has 0 unspecified atom stereocenters. The van der Waals surface area contributed by atoms with Gasteiger partial charge in [0, 0.05) is 4.90 Å². The van der Waals surface area contributed by atoms with Crippen LogP contribution in [0.5, 0.6) is 5.75 Å². The molecule has 2 aromatic rings. The summed E-state index contributed by atoms with van der Waals surface area (Å²) in [6.07, 6.45) is 0.138. The highest BCUT2D eigenvalue weighted by molar-refractivity contribution is 8.01. The molecule has 17 heavy (non-hydrogen) atoms. The fraction of sp³-hybridized carbons (Fsp3) is 0.231. The predicted octanol–water partition coefficient (Wildman–Crippen LogP) is 4.27. The molecule has 2 N–H and O–H groups in total. The summed E-state index contributed by atoms with van der Waals surface area (Å²) in [6.45, 7) is 4.00. The van der Waals surface area contributed by atoms with Crippen LogP contribution in [0.25, 0.3) is 0 Å². The summed E-state index contributed by atoms with van der Waals surface area (Å²) in [4.78, 5) is 1.05. The van der Waals surface area contributed by atoms with E-state index in [0.29, 0.717) is 0 Å². The second-order valence-electron chi connectivity index (χ2n) is 3.87. The van der Waals surface area contributed by atoms with Gasteiger partial charge in [0.2, 0.25) is 0 Å². The molecular formula is C13H15NOS2. The molecule has 0 aliphatic heterocycles. The minimum Gasteiger partial charge on any atom is -0.489 e. The average Bonchev–Trinajstić information content (AvgIpc) is 2.76. The minimum atomic E-state index is 0.138. The van der Waals surface area contributed by atoms with E-state index in [1.54, 1.807) is 23.1 Å². The van der Waals surface area contributed by atoms with Gasteiger partial charge in [-0.1, -0.05) is 23.9 Å². The zero-order chi connectivity index (χ0) is 12.3. The number of benzene rings is 1. The summed E-state index contributed by atoms with van der Waals surface area (Å²) in [6, 6.07) is 10.0. The van der Waals surface area contributed by atoms with Crippen LogP contribution in [0.3, 0.4) is 0 Å². The number of thiophene rings is 1. The number of nitrogen functional groups attached to an aromatic ring is 1. The average molecular weight is 265 g/mol.